The molecular weight excluding hydrogens is 318 g/mol. The maximum Gasteiger partial charge on any atom is 0.321 e. The molecule has 1 aliphatic heterocycles. The Bertz CT molecular complexity index is 579. The van der Waals surface area contributed by atoms with Crippen molar-refractivity contribution < 1.29 is 26.4 Å². The third-order valence-corrected chi connectivity index (χ3v) is 7.90. The number of nitrogens with zero attached hydrogens (tertiary/aromatic N) is 1. The molecule has 0 spiro atoms. The second kappa shape index (κ2) is 6.21. The lowest BCUT2D eigenvalue weighted by Gasteiger charge is -2.29. The van der Waals surface area contributed by atoms with Crippen LogP contribution in [0.4, 0.5) is 0 Å². The van der Waals surface area contributed by atoms with E-state index in [4.69, 9.17) is 4.74 Å². The lowest BCUT2D eigenvalue weighted by atomic mass is 10.2. The van der Waals surface area contributed by atoms with E-state index < -0.39 is 31.1 Å². The number of rotatable bonds is 6. The van der Waals surface area contributed by atoms with Crippen molar-refractivity contribution in [3.05, 3.63) is 0 Å². The molecule has 1 heterocycles. The van der Waals surface area contributed by atoms with Crippen molar-refractivity contribution in [2.75, 3.05) is 24.7 Å². The Morgan fingerprint density at radius 3 is 2.24 bits per heavy atom. The average molecular weight is 339 g/mol. The van der Waals surface area contributed by atoms with E-state index in [1.54, 1.807) is 6.92 Å². The van der Waals surface area contributed by atoms with Crippen LogP contribution < -0.4 is 0 Å². The van der Waals surface area contributed by atoms with Crippen molar-refractivity contribution in [1.29, 1.82) is 0 Å². The Balaban J connectivity index is 2.09. The minimum Gasteiger partial charge on any atom is -0.465 e. The van der Waals surface area contributed by atoms with Gasteiger partial charge in [0.15, 0.2) is 0 Å². The van der Waals surface area contributed by atoms with Gasteiger partial charge in [0.05, 0.1) is 23.4 Å². The first-order valence-corrected chi connectivity index (χ1v) is 10.5. The van der Waals surface area contributed by atoms with Crippen LogP contribution in [-0.2, 0) is 29.4 Å². The van der Waals surface area contributed by atoms with Crippen LogP contribution in [0.3, 0.4) is 0 Å². The fourth-order valence-corrected chi connectivity index (χ4v) is 6.40. The standard InChI is InChI=1S/C12H21NO6S2/c1-2-19-12(14)9-13(10-3-4-10)21(17,18)11-5-7-20(15,16)8-6-11/h10-11H,2-9H2,1H3. The van der Waals surface area contributed by atoms with Crippen LogP contribution in [0.15, 0.2) is 0 Å². The second-order valence-electron chi connectivity index (χ2n) is 5.48. The topological polar surface area (TPSA) is 97.8 Å². The van der Waals surface area contributed by atoms with E-state index in [1.807, 2.05) is 0 Å². The van der Waals surface area contributed by atoms with Gasteiger partial charge in [0.25, 0.3) is 0 Å². The van der Waals surface area contributed by atoms with Crippen LogP contribution >= 0.6 is 0 Å². The van der Waals surface area contributed by atoms with Gasteiger partial charge in [-0.05, 0) is 32.6 Å². The molecule has 1 saturated carbocycles. The Morgan fingerprint density at radius 1 is 1.19 bits per heavy atom. The fourth-order valence-electron chi connectivity index (χ4n) is 2.48. The van der Waals surface area contributed by atoms with E-state index in [0.717, 1.165) is 12.8 Å². The van der Waals surface area contributed by atoms with Gasteiger partial charge in [-0.2, -0.15) is 4.31 Å². The van der Waals surface area contributed by atoms with Crippen LogP contribution in [0, 0.1) is 0 Å². The zero-order valence-corrected chi connectivity index (χ0v) is 13.7. The minimum atomic E-state index is -3.66. The summed E-state index contributed by atoms with van der Waals surface area (Å²) in [4.78, 5) is 11.6. The predicted molar refractivity (Wildman–Crippen MR) is 77.0 cm³/mol. The van der Waals surface area contributed by atoms with Crippen molar-refractivity contribution in [1.82, 2.24) is 4.31 Å². The van der Waals surface area contributed by atoms with Crippen LogP contribution in [0.1, 0.15) is 32.6 Å². The SMILES string of the molecule is CCOC(=O)CN(C1CC1)S(=O)(=O)C1CCS(=O)(=O)CC1. The summed E-state index contributed by atoms with van der Waals surface area (Å²) in [5.74, 6) is -0.764. The van der Waals surface area contributed by atoms with Gasteiger partial charge in [-0.25, -0.2) is 16.8 Å². The average Bonchev–Trinajstić information content (AvgIpc) is 3.19. The molecule has 0 atom stereocenters. The number of esters is 1. The van der Waals surface area contributed by atoms with Crippen molar-refractivity contribution in [3.8, 4) is 0 Å². The first-order valence-electron chi connectivity index (χ1n) is 7.13. The van der Waals surface area contributed by atoms with Crippen LogP contribution in [0.5, 0.6) is 0 Å². The van der Waals surface area contributed by atoms with E-state index in [9.17, 15) is 21.6 Å². The van der Waals surface area contributed by atoms with Gasteiger partial charge < -0.3 is 4.74 Å². The molecular formula is C12H21NO6S2. The summed E-state index contributed by atoms with van der Waals surface area (Å²) in [5.41, 5.74) is 0. The molecule has 21 heavy (non-hydrogen) atoms. The Labute approximate surface area is 125 Å². The van der Waals surface area contributed by atoms with E-state index in [2.05, 4.69) is 0 Å². The van der Waals surface area contributed by atoms with Gasteiger partial charge in [-0.15, -0.1) is 0 Å². The Kier molecular flexibility index (Phi) is 4.94. The number of carbonyl (C=O) groups excluding carboxylic acids is 1. The molecule has 0 aromatic rings. The molecule has 2 aliphatic rings. The number of hydrogen-bond acceptors (Lipinski definition) is 6. The molecule has 1 saturated heterocycles. The maximum absolute atomic E-state index is 12.6. The third-order valence-electron chi connectivity index (χ3n) is 3.79. The third kappa shape index (κ3) is 4.17. The molecule has 0 N–H and O–H groups in total. The number of hydrogen-bond donors (Lipinski definition) is 0. The molecule has 122 valence electrons. The molecule has 0 unspecified atom stereocenters. The zero-order chi connectivity index (χ0) is 15.7. The summed E-state index contributed by atoms with van der Waals surface area (Å²) in [7, 11) is -6.77. The smallest absolute Gasteiger partial charge is 0.321 e. The highest BCUT2D eigenvalue weighted by Crippen LogP contribution is 2.33. The molecule has 0 bridgehead atoms. The van der Waals surface area contributed by atoms with E-state index in [-0.39, 0.29) is 43.5 Å². The molecule has 9 heteroatoms. The fraction of sp³-hybridized carbons (Fsp3) is 0.917. The first kappa shape index (κ1) is 16.7. The van der Waals surface area contributed by atoms with Gasteiger partial charge in [-0.3, -0.25) is 4.79 Å². The minimum absolute atomic E-state index is 0.102. The molecule has 2 fully saturated rings. The van der Waals surface area contributed by atoms with Gasteiger partial charge in [0.1, 0.15) is 16.4 Å². The highest BCUT2D eigenvalue weighted by molar-refractivity contribution is 7.92. The quantitative estimate of drug-likeness (QED) is 0.628. The van der Waals surface area contributed by atoms with Crippen LogP contribution in [0.2, 0.25) is 0 Å². The molecule has 7 nitrogen and oxygen atoms in total. The van der Waals surface area contributed by atoms with Gasteiger partial charge in [0.2, 0.25) is 10.0 Å². The van der Waals surface area contributed by atoms with Crippen molar-refractivity contribution >= 4 is 25.8 Å². The first-order chi connectivity index (χ1) is 9.76. The van der Waals surface area contributed by atoms with Crippen molar-refractivity contribution in [2.45, 2.75) is 43.9 Å². The zero-order valence-electron chi connectivity index (χ0n) is 12.0. The second-order valence-corrected chi connectivity index (χ2v) is 9.95. The molecule has 0 aromatic heterocycles. The number of sulfone groups is 1. The molecule has 0 aromatic carbocycles. The largest absolute Gasteiger partial charge is 0.465 e. The number of sulfonamides is 1. The molecule has 0 radical (unpaired) electrons. The maximum atomic E-state index is 12.6. The van der Waals surface area contributed by atoms with Gasteiger partial charge in [0, 0.05) is 6.04 Å². The number of ether oxygens (including phenoxy) is 1. The summed E-state index contributed by atoms with van der Waals surface area (Å²) in [6, 6.07) is -0.141. The normalized spacial score (nSPS) is 23.1. The predicted octanol–water partition coefficient (Wildman–Crippen LogP) is -0.0791. The van der Waals surface area contributed by atoms with Crippen LogP contribution in [0.25, 0.3) is 0 Å². The van der Waals surface area contributed by atoms with Crippen molar-refractivity contribution in [3.63, 3.8) is 0 Å². The number of carbonyl (C=O) groups is 1. The van der Waals surface area contributed by atoms with Crippen molar-refractivity contribution in [2.24, 2.45) is 0 Å². The molecule has 0 amide bonds. The van der Waals surface area contributed by atoms with Gasteiger partial charge >= 0.3 is 5.97 Å². The molecule has 1 aliphatic carbocycles. The molecule has 2 rings (SSSR count). The summed E-state index contributed by atoms with van der Waals surface area (Å²) < 4.78 is 54.2. The lowest BCUT2D eigenvalue weighted by molar-refractivity contribution is -0.143. The lowest BCUT2D eigenvalue weighted by Crippen LogP contribution is -2.46. The highest BCUT2D eigenvalue weighted by Gasteiger charge is 2.44. The highest BCUT2D eigenvalue weighted by atomic mass is 32.2. The Morgan fingerprint density at radius 2 is 1.76 bits per heavy atom. The Hall–Kier alpha value is -0.670. The summed E-state index contributed by atoms with van der Waals surface area (Å²) in [6.07, 6.45) is 1.70. The summed E-state index contributed by atoms with van der Waals surface area (Å²) in [6.45, 7) is 1.60. The van der Waals surface area contributed by atoms with Crippen LogP contribution in [-0.4, -0.2) is 63.1 Å². The van der Waals surface area contributed by atoms with E-state index in [1.165, 1.54) is 4.31 Å². The monoisotopic (exact) mass is 339 g/mol. The van der Waals surface area contributed by atoms with Gasteiger partial charge in [-0.1, -0.05) is 0 Å². The van der Waals surface area contributed by atoms with E-state index >= 15 is 0 Å². The summed E-state index contributed by atoms with van der Waals surface area (Å²) >= 11 is 0. The summed E-state index contributed by atoms with van der Waals surface area (Å²) in [5, 5.41) is -0.712. The van der Waals surface area contributed by atoms with E-state index in [0.29, 0.717) is 0 Å².